The Morgan fingerprint density at radius 3 is 1.33 bits per heavy atom. The molecule has 6 nitrogen and oxygen atoms in total. The van der Waals surface area contributed by atoms with Crippen molar-refractivity contribution in [2.75, 3.05) is 5.75 Å². The molecule has 0 radical (unpaired) electrons. The molecule has 0 aromatic carbocycles. The Morgan fingerprint density at radius 1 is 0.889 bits per heavy atom. The van der Waals surface area contributed by atoms with Crippen LogP contribution in [0.3, 0.4) is 0 Å². The van der Waals surface area contributed by atoms with E-state index in [9.17, 15) is 21.2 Å². The zero-order chi connectivity index (χ0) is 9.99. The molecule has 0 aromatic rings. The Labute approximate surface area is 189 Å². The van der Waals surface area contributed by atoms with E-state index >= 15 is 0 Å². The predicted molar refractivity (Wildman–Crippen MR) is 47.3 cm³/mol. The van der Waals surface area contributed by atoms with Crippen molar-refractivity contribution in [3.05, 3.63) is 0 Å². The normalized spacial score (nSPS) is 10.6. The van der Waals surface area contributed by atoms with Gasteiger partial charge in [0.1, 0.15) is 0 Å². The van der Waals surface area contributed by atoms with Gasteiger partial charge in [-0.1, -0.05) is 0 Å². The van der Waals surface area contributed by atoms with Crippen molar-refractivity contribution in [3.8, 4) is 0 Å². The standard InChI is InChI=1S/C3H9FN2O4S2.6Li.6H/c4-3(12(6,9)10)1-2-11(5,7)8;;;;;;;;;;;;/h3H,1-2H2,(H2,5,7,8)(H2,6,9,10);;;;;;;;;;;;/q;6*+1;6*-1. The third-order valence-corrected chi connectivity index (χ3v) is 2.74. The predicted octanol–water partition coefficient (Wildman–Crippen LogP) is -19.1. The fraction of sp³-hybridized carbons (Fsp3) is 1.00. The summed E-state index contributed by atoms with van der Waals surface area (Å²) in [6.45, 7) is 0. The average molecular weight is 268 g/mol. The Morgan fingerprint density at radius 2 is 1.17 bits per heavy atom. The maximum absolute atomic E-state index is 12.4. The van der Waals surface area contributed by atoms with Gasteiger partial charge in [0.05, 0.1) is 5.75 Å². The molecule has 0 heterocycles. The molecule has 0 aliphatic rings. The van der Waals surface area contributed by atoms with E-state index in [-0.39, 0.29) is 122 Å². The molecular weight excluding hydrogens is 253 g/mol. The first kappa shape index (κ1) is 42.9. The minimum atomic E-state index is -4.31. The van der Waals surface area contributed by atoms with Crippen LogP contribution in [0.15, 0.2) is 0 Å². The third kappa shape index (κ3) is 27.6. The minimum Gasteiger partial charge on any atom is -1.00 e. The Balaban J connectivity index is -0.00000000917. The molecule has 18 heavy (non-hydrogen) atoms. The molecule has 0 amide bonds. The topological polar surface area (TPSA) is 120 Å². The molecule has 1 unspecified atom stereocenters. The van der Waals surface area contributed by atoms with Gasteiger partial charge in [-0.25, -0.2) is 31.5 Å². The van der Waals surface area contributed by atoms with Crippen molar-refractivity contribution in [3.63, 3.8) is 0 Å². The Kier molecular flexibility index (Phi) is 43.8. The van der Waals surface area contributed by atoms with E-state index in [4.69, 9.17) is 0 Å². The van der Waals surface area contributed by atoms with E-state index in [0.717, 1.165) is 0 Å². The molecule has 0 saturated carbocycles. The number of sulfonamides is 2. The zero-order valence-electron chi connectivity index (χ0n) is 18.0. The first-order valence-electron chi connectivity index (χ1n) is 2.79. The van der Waals surface area contributed by atoms with Gasteiger partial charge in [0.2, 0.25) is 25.6 Å². The summed E-state index contributed by atoms with van der Waals surface area (Å²) in [4.78, 5) is 0. The van der Waals surface area contributed by atoms with Crippen LogP contribution in [0, 0.1) is 0 Å². The van der Waals surface area contributed by atoms with Crippen molar-refractivity contribution in [2.24, 2.45) is 10.3 Å². The van der Waals surface area contributed by atoms with E-state index < -0.39 is 37.7 Å². The number of rotatable bonds is 4. The van der Waals surface area contributed by atoms with Gasteiger partial charge in [0.25, 0.3) is 0 Å². The fourth-order valence-corrected chi connectivity index (χ4v) is 1.55. The van der Waals surface area contributed by atoms with E-state index in [1.165, 1.54) is 0 Å². The number of nitrogens with two attached hydrogens (primary N) is 2. The maximum atomic E-state index is 12.4. The smallest absolute Gasteiger partial charge is 1.00 e. The summed E-state index contributed by atoms with van der Waals surface area (Å²) in [5, 5.41) is 8.87. The van der Waals surface area contributed by atoms with Crippen LogP contribution in [-0.2, 0) is 20.0 Å². The van der Waals surface area contributed by atoms with Crippen LogP contribution in [0.25, 0.3) is 0 Å². The summed E-state index contributed by atoms with van der Waals surface area (Å²) in [7, 11) is -8.15. The van der Waals surface area contributed by atoms with Gasteiger partial charge in [-0.3, -0.25) is 0 Å². The molecule has 0 saturated heterocycles. The van der Waals surface area contributed by atoms with Gasteiger partial charge in [0.15, 0.2) is 0 Å². The Bertz CT molecular complexity index is 369. The second kappa shape index (κ2) is 18.4. The number of primary sulfonamides is 2. The summed E-state index contributed by atoms with van der Waals surface area (Å²) < 4.78 is 53.3. The zero-order valence-corrected chi connectivity index (χ0v) is 13.6. The molecule has 0 spiro atoms. The number of hydrogen-bond donors (Lipinski definition) is 2. The van der Waals surface area contributed by atoms with Gasteiger partial charge in [0, 0.05) is 6.42 Å². The van der Waals surface area contributed by atoms with Gasteiger partial charge < -0.3 is 8.56 Å². The maximum Gasteiger partial charge on any atom is 1.00 e. The minimum absolute atomic E-state index is 0. The number of hydrogen-bond acceptors (Lipinski definition) is 4. The molecule has 0 bridgehead atoms. The first-order valence-corrected chi connectivity index (χ1v) is 6.11. The van der Waals surface area contributed by atoms with E-state index in [0.29, 0.717) is 0 Å². The molecule has 0 rings (SSSR count). The third-order valence-electron chi connectivity index (χ3n) is 0.986. The quantitative estimate of drug-likeness (QED) is 0.492. The average Bonchev–Trinajstić information content (AvgIpc) is 1.78. The van der Waals surface area contributed by atoms with Crippen LogP contribution < -0.4 is 123 Å². The van der Waals surface area contributed by atoms with Crippen molar-refractivity contribution < 1.29 is 143 Å². The largest absolute Gasteiger partial charge is 1.00 e. The summed E-state index contributed by atoms with van der Waals surface area (Å²) in [6.07, 6.45) is -0.738. The van der Waals surface area contributed by atoms with Crippen LogP contribution in [-0.4, -0.2) is 28.1 Å². The second-order valence-corrected chi connectivity index (χ2v) is 5.58. The Hall–Kier alpha value is 3.33. The van der Waals surface area contributed by atoms with Gasteiger partial charge >= 0.3 is 113 Å². The van der Waals surface area contributed by atoms with Crippen LogP contribution in [0.2, 0.25) is 0 Å². The fourth-order valence-electron chi connectivity index (χ4n) is 0.421. The molecule has 0 aliphatic heterocycles. The monoisotopic (exact) mass is 268 g/mol. The molecule has 0 fully saturated rings. The number of halogens is 1. The van der Waals surface area contributed by atoms with Crippen molar-refractivity contribution in [2.45, 2.75) is 11.9 Å². The summed E-state index contributed by atoms with van der Waals surface area (Å²) in [6, 6.07) is 0. The van der Waals surface area contributed by atoms with E-state index in [1.807, 2.05) is 0 Å². The van der Waals surface area contributed by atoms with Gasteiger partial charge in [-0.2, -0.15) is 0 Å². The van der Waals surface area contributed by atoms with Crippen LogP contribution in [0.5, 0.6) is 0 Å². The SMILES string of the molecule is NS(=O)(=O)CCC(F)S(N)(=O)=O.[H-].[H-].[H-].[H-].[H-].[H-].[Li+].[Li+].[Li+].[Li+].[Li+].[Li+]. The summed E-state index contributed by atoms with van der Waals surface area (Å²) in [5.74, 6) is -0.745. The van der Waals surface area contributed by atoms with Gasteiger partial charge in [-0.05, 0) is 0 Å². The molecule has 1 atom stereocenters. The first-order chi connectivity index (χ1) is 5.13. The second-order valence-electron chi connectivity index (χ2n) is 2.15. The summed E-state index contributed by atoms with van der Waals surface area (Å²) >= 11 is 0. The van der Waals surface area contributed by atoms with E-state index in [2.05, 4.69) is 10.3 Å². The van der Waals surface area contributed by atoms with Crippen LogP contribution in [0.1, 0.15) is 15.0 Å². The van der Waals surface area contributed by atoms with Crippen molar-refractivity contribution >= 4 is 20.0 Å². The number of alkyl halides is 1. The molecule has 86 valence electrons. The molecule has 0 aliphatic carbocycles. The molecule has 4 N–H and O–H groups in total. The summed E-state index contributed by atoms with van der Waals surface area (Å²) in [5.41, 5.74) is -2.38. The van der Waals surface area contributed by atoms with Crippen molar-refractivity contribution in [1.82, 2.24) is 0 Å². The van der Waals surface area contributed by atoms with Gasteiger partial charge in [-0.15, -0.1) is 0 Å². The molecular formula is C3H15FLi6N2O4S2. The van der Waals surface area contributed by atoms with E-state index in [1.54, 1.807) is 0 Å². The van der Waals surface area contributed by atoms with Crippen molar-refractivity contribution in [1.29, 1.82) is 0 Å². The molecule has 0 aromatic heterocycles. The van der Waals surface area contributed by atoms with Crippen LogP contribution >= 0.6 is 0 Å². The van der Waals surface area contributed by atoms with Crippen LogP contribution in [0.4, 0.5) is 4.39 Å². The molecule has 15 heteroatoms.